The lowest BCUT2D eigenvalue weighted by Crippen LogP contribution is -2.18. The summed E-state index contributed by atoms with van der Waals surface area (Å²) in [7, 11) is 0. The van der Waals surface area contributed by atoms with E-state index in [9.17, 15) is 9.90 Å². The molecule has 77 valence electrons. The SMILES string of the molecule is CCCCC(CC)C(=O)OCC[O]. The van der Waals surface area contributed by atoms with E-state index in [-0.39, 0.29) is 25.1 Å². The Balaban J connectivity index is 3.71. The fourth-order valence-corrected chi connectivity index (χ4v) is 1.20. The van der Waals surface area contributed by atoms with Crippen LogP contribution in [0.1, 0.15) is 39.5 Å². The molecule has 0 N–H and O–H groups in total. The van der Waals surface area contributed by atoms with Crippen molar-refractivity contribution in [3.63, 3.8) is 0 Å². The van der Waals surface area contributed by atoms with Crippen molar-refractivity contribution in [3.05, 3.63) is 0 Å². The first-order chi connectivity index (χ1) is 6.26. The second-order valence-electron chi connectivity index (χ2n) is 3.12. The largest absolute Gasteiger partial charge is 0.463 e. The van der Waals surface area contributed by atoms with Gasteiger partial charge in [-0.15, -0.1) is 0 Å². The van der Waals surface area contributed by atoms with Crippen LogP contribution in [0.2, 0.25) is 0 Å². The van der Waals surface area contributed by atoms with Crippen molar-refractivity contribution in [1.29, 1.82) is 0 Å². The third-order valence-electron chi connectivity index (χ3n) is 2.06. The van der Waals surface area contributed by atoms with E-state index < -0.39 is 0 Å². The van der Waals surface area contributed by atoms with Crippen LogP contribution in [-0.2, 0) is 14.6 Å². The first-order valence-corrected chi connectivity index (χ1v) is 5.00. The van der Waals surface area contributed by atoms with Crippen LogP contribution in [0, 0.1) is 5.92 Å². The van der Waals surface area contributed by atoms with E-state index in [4.69, 9.17) is 4.74 Å². The molecule has 0 rings (SSSR count). The van der Waals surface area contributed by atoms with Crippen LogP contribution < -0.4 is 0 Å². The lowest BCUT2D eigenvalue weighted by molar-refractivity contribution is -0.150. The fraction of sp³-hybridized carbons (Fsp3) is 0.900. The summed E-state index contributed by atoms with van der Waals surface area (Å²) in [5, 5.41) is 10.1. The normalized spacial score (nSPS) is 12.5. The second kappa shape index (κ2) is 8.05. The lowest BCUT2D eigenvalue weighted by atomic mass is 10.00. The molecular formula is C10H19O3. The van der Waals surface area contributed by atoms with E-state index in [1.165, 1.54) is 0 Å². The summed E-state index contributed by atoms with van der Waals surface area (Å²) >= 11 is 0. The molecule has 1 unspecified atom stereocenters. The van der Waals surface area contributed by atoms with Crippen molar-refractivity contribution in [3.8, 4) is 0 Å². The Morgan fingerprint density at radius 2 is 2.08 bits per heavy atom. The van der Waals surface area contributed by atoms with E-state index >= 15 is 0 Å². The van der Waals surface area contributed by atoms with Crippen LogP contribution in [0.5, 0.6) is 0 Å². The van der Waals surface area contributed by atoms with Gasteiger partial charge in [0, 0.05) is 0 Å². The Hall–Kier alpha value is -0.570. The number of rotatable bonds is 7. The quantitative estimate of drug-likeness (QED) is 0.573. The maximum Gasteiger partial charge on any atom is 0.309 e. The zero-order chi connectivity index (χ0) is 10.1. The van der Waals surface area contributed by atoms with Gasteiger partial charge in [0.05, 0.1) is 5.92 Å². The molecule has 1 atom stereocenters. The molecule has 0 aromatic heterocycles. The highest BCUT2D eigenvalue weighted by atomic mass is 16.5. The Bertz CT molecular complexity index is 134. The maximum absolute atomic E-state index is 11.3. The third-order valence-corrected chi connectivity index (χ3v) is 2.06. The topological polar surface area (TPSA) is 46.2 Å². The van der Waals surface area contributed by atoms with Crippen LogP contribution in [0.15, 0.2) is 0 Å². The second-order valence-corrected chi connectivity index (χ2v) is 3.12. The summed E-state index contributed by atoms with van der Waals surface area (Å²) in [4.78, 5) is 11.3. The zero-order valence-electron chi connectivity index (χ0n) is 8.54. The van der Waals surface area contributed by atoms with Crippen molar-refractivity contribution in [2.24, 2.45) is 5.92 Å². The minimum Gasteiger partial charge on any atom is -0.463 e. The predicted molar refractivity (Wildman–Crippen MR) is 49.8 cm³/mol. The van der Waals surface area contributed by atoms with Crippen LogP contribution in [0.4, 0.5) is 0 Å². The predicted octanol–water partition coefficient (Wildman–Crippen LogP) is 2.18. The number of carbonyl (C=O) groups excluding carboxylic acids is 1. The monoisotopic (exact) mass is 187 g/mol. The van der Waals surface area contributed by atoms with Gasteiger partial charge in [0.1, 0.15) is 13.2 Å². The summed E-state index contributed by atoms with van der Waals surface area (Å²) in [5.74, 6) is -0.210. The molecule has 0 saturated heterocycles. The standard InChI is InChI=1S/C10H19O3/c1-3-5-6-9(4-2)10(12)13-8-7-11/h9H,3-8H2,1-2H3. The smallest absolute Gasteiger partial charge is 0.309 e. The van der Waals surface area contributed by atoms with E-state index in [2.05, 4.69) is 6.92 Å². The van der Waals surface area contributed by atoms with Crippen LogP contribution >= 0.6 is 0 Å². The molecule has 0 aliphatic heterocycles. The lowest BCUT2D eigenvalue weighted by Gasteiger charge is -2.12. The van der Waals surface area contributed by atoms with Gasteiger partial charge in [-0.25, -0.2) is 5.11 Å². The van der Waals surface area contributed by atoms with Crippen molar-refractivity contribution in [2.45, 2.75) is 39.5 Å². The molecule has 0 bridgehead atoms. The Morgan fingerprint density at radius 3 is 2.54 bits per heavy atom. The van der Waals surface area contributed by atoms with Crippen molar-refractivity contribution < 1.29 is 14.6 Å². The van der Waals surface area contributed by atoms with Crippen molar-refractivity contribution >= 4 is 5.97 Å². The highest BCUT2D eigenvalue weighted by molar-refractivity contribution is 5.72. The number of hydrogen-bond donors (Lipinski definition) is 0. The molecule has 0 aliphatic rings. The van der Waals surface area contributed by atoms with E-state index in [0.29, 0.717) is 0 Å². The highest BCUT2D eigenvalue weighted by Crippen LogP contribution is 2.13. The zero-order valence-corrected chi connectivity index (χ0v) is 8.54. The molecule has 0 amide bonds. The maximum atomic E-state index is 11.3. The van der Waals surface area contributed by atoms with Gasteiger partial charge in [-0.2, -0.15) is 0 Å². The van der Waals surface area contributed by atoms with Gasteiger partial charge in [-0.1, -0.05) is 26.7 Å². The van der Waals surface area contributed by atoms with Gasteiger partial charge in [0.2, 0.25) is 0 Å². The van der Waals surface area contributed by atoms with Crippen molar-refractivity contribution in [1.82, 2.24) is 0 Å². The summed E-state index contributed by atoms with van der Waals surface area (Å²) in [6.07, 6.45) is 3.82. The van der Waals surface area contributed by atoms with E-state index in [1.54, 1.807) is 0 Å². The number of ether oxygens (including phenoxy) is 1. The molecule has 0 aliphatic carbocycles. The van der Waals surface area contributed by atoms with Crippen molar-refractivity contribution in [2.75, 3.05) is 13.2 Å². The van der Waals surface area contributed by atoms with Gasteiger partial charge in [-0.05, 0) is 12.8 Å². The molecule has 0 saturated carbocycles. The molecule has 0 spiro atoms. The van der Waals surface area contributed by atoms with E-state index in [0.717, 1.165) is 25.7 Å². The first-order valence-electron chi connectivity index (χ1n) is 5.00. The molecular weight excluding hydrogens is 168 g/mol. The fourth-order valence-electron chi connectivity index (χ4n) is 1.20. The molecule has 0 heterocycles. The minimum atomic E-state index is -0.337. The average Bonchev–Trinajstić information content (AvgIpc) is 2.16. The van der Waals surface area contributed by atoms with Gasteiger partial charge in [0.15, 0.2) is 0 Å². The Morgan fingerprint density at radius 1 is 1.38 bits per heavy atom. The average molecular weight is 187 g/mol. The molecule has 0 aromatic carbocycles. The first kappa shape index (κ1) is 12.4. The van der Waals surface area contributed by atoms with Gasteiger partial charge in [-0.3, -0.25) is 4.79 Å². The minimum absolute atomic E-state index is 0.00787. The number of esters is 1. The van der Waals surface area contributed by atoms with Crippen LogP contribution in [-0.4, -0.2) is 19.2 Å². The Labute approximate surface area is 80.1 Å². The summed E-state index contributed by atoms with van der Waals surface area (Å²) in [6.45, 7) is 3.74. The highest BCUT2D eigenvalue weighted by Gasteiger charge is 2.16. The van der Waals surface area contributed by atoms with E-state index in [1.807, 2.05) is 6.92 Å². The van der Waals surface area contributed by atoms with Gasteiger partial charge in [0.25, 0.3) is 0 Å². The van der Waals surface area contributed by atoms with Gasteiger partial charge >= 0.3 is 5.97 Å². The summed E-state index contributed by atoms with van der Waals surface area (Å²) in [5.41, 5.74) is 0. The molecule has 3 nitrogen and oxygen atoms in total. The number of unbranched alkanes of at least 4 members (excludes halogenated alkanes) is 1. The molecule has 0 aromatic rings. The summed E-state index contributed by atoms with van der Waals surface area (Å²) < 4.78 is 4.79. The Kier molecular flexibility index (Phi) is 7.69. The van der Waals surface area contributed by atoms with Crippen LogP contribution in [0.25, 0.3) is 0 Å². The van der Waals surface area contributed by atoms with Gasteiger partial charge < -0.3 is 4.74 Å². The molecule has 3 heteroatoms. The molecule has 1 radical (unpaired) electrons. The van der Waals surface area contributed by atoms with Crippen LogP contribution in [0.3, 0.4) is 0 Å². The third kappa shape index (κ3) is 5.64. The molecule has 13 heavy (non-hydrogen) atoms. The number of hydrogen-bond acceptors (Lipinski definition) is 2. The molecule has 0 fully saturated rings. The summed E-state index contributed by atoms with van der Waals surface area (Å²) in [6, 6.07) is 0. The number of carbonyl (C=O) groups is 1.